The number of benzene rings is 1. The Morgan fingerprint density at radius 2 is 2.17 bits per heavy atom. The quantitative estimate of drug-likeness (QED) is 0.870. The molecule has 3 nitrogen and oxygen atoms in total. The Hall–Kier alpha value is -1.90. The summed E-state index contributed by atoms with van der Waals surface area (Å²) >= 11 is 0. The van der Waals surface area contributed by atoms with Gasteiger partial charge in [-0.2, -0.15) is 0 Å². The first kappa shape index (κ1) is 12.6. The van der Waals surface area contributed by atoms with Crippen LogP contribution < -0.4 is 10.1 Å². The van der Waals surface area contributed by atoms with Crippen LogP contribution in [0.5, 0.6) is 5.75 Å². The van der Waals surface area contributed by atoms with Crippen molar-refractivity contribution in [2.45, 2.75) is 26.9 Å². The zero-order chi connectivity index (χ0) is 13.0. The van der Waals surface area contributed by atoms with Crippen LogP contribution in [0.25, 0.3) is 0 Å². The third kappa shape index (κ3) is 2.67. The molecular formula is C15H19NO2. The van der Waals surface area contributed by atoms with Gasteiger partial charge in [-0.25, -0.2) is 0 Å². The predicted octanol–water partition coefficient (Wildman–Crippen LogP) is 3.77. The number of furan rings is 1. The van der Waals surface area contributed by atoms with Crippen LogP contribution in [0.15, 0.2) is 34.9 Å². The number of hydrogen-bond donors (Lipinski definition) is 1. The second kappa shape index (κ2) is 5.63. The lowest BCUT2D eigenvalue weighted by molar-refractivity contribution is 0.269. The summed E-state index contributed by atoms with van der Waals surface area (Å²) in [5.41, 5.74) is 3.33. The van der Waals surface area contributed by atoms with Gasteiger partial charge in [-0.15, -0.1) is 0 Å². The Morgan fingerprint density at radius 1 is 1.33 bits per heavy atom. The minimum atomic E-state index is 0.458. The van der Waals surface area contributed by atoms with Gasteiger partial charge < -0.3 is 14.5 Å². The van der Waals surface area contributed by atoms with Crippen molar-refractivity contribution < 1.29 is 9.15 Å². The highest BCUT2D eigenvalue weighted by atomic mass is 16.5. The Kier molecular flexibility index (Phi) is 3.92. The van der Waals surface area contributed by atoms with E-state index in [2.05, 4.69) is 18.3 Å². The zero-order valence-electron chi connectivity index (χ0n) is 11.1. The number of nitrogens with one attached hydrogen (secondary N) is 1. The van der Waals surface area contributed by atoms with Gasteiger partial charge in [0.05, 0.1) is 12.0 Å². The highest BCUT2D eigenvalue weighted by molar-refractivity contribution is 5.59. The maximum atomic E-state index is 5.89. The summed E-state index contributed by atoms with van der Waals surface area (Å²) in [6.07, 6.45) is 2.69. The number of aryl methyl sites for hydroxylation is 2. The maximum absolute atomic E-state index is 5.89. The molecule has 18 heavy (non-hydrogen) atoms. The van der Waals surface area contributed by atoms with Gasteiger partial charge in [-0.05, 0) is 36.6 Å². The van der Waals surface area contributed by atoms with E-state index in [4.69, 9.17) is 9.15 Å². The molecule has 0 aliphatic rings. The number of hydrogen-bond acceptors (Lipinski definition) is 3. The molecular weight excluding hydrogens is 226 g/mol. The van der Waals surface area contributed by atoms with Gasteiger partial charge in [0.25, 0.3) is 0 Å². The molecule has 0 unspecified atom stereocenters. The normalized spacial score (nSPS) is 10.4. The molecule has 1 aromatic carbocycles. The van der Waals surface area contributed by atoms with Crippen LogP contribution >= 0.6 is 0 Å². The molecule has 96 valence electrons. The monoisotopic (exact) mass is 245 g/mol. The average Bonchev–Trinajstić information content (AvgIpc) is 2.81. The Morgan fingerprint density at radius 3 is 2.78 bits per heavy atom. The average molecular weight is 245 g/mol. The van der Waals surface area contributed by atoms with Crippen molar-refractivity contribution in [2.24, 2.45) is 0 Å². The van der Waals surface area contributed by atoms with E-state index in [1.165, 1.54) is 5.56 Å². The van der Waals surface area contributed by atoms with Gasteiger partial charge in [0.15, 0.2) is 0 Å². The van der Waals surface area contributed by atoms with E-state index in [9.17, 15) is 0 Å². The van der Waals surface area contributed by atoms with Crippen LogP contribution in [-0.2, 0) is 13.0 Å². The van der Waals surface area contributed by atoms with Gasteiger partial charge in [-0.1, -0.05) is 19.1 Å². The molecule has 0 saturated carbocycles. The predicted molar refractivity (Wildman–Crippen MR) is 73.1 cm³/mol. The Balaban J connectivity index is 2.17. The molecule has 0 amide bonds. The first-order valence-corrected chi connectivity index (χ1v) is 6.21. The second-order valence-corrected chi connectivity index (χ2v) is 4.28. The third-order valence-electron chi connectivity index (χ3n) is 2.89. The molecule has 0 fully saturated rings. The highest BCUT2D eigenvalue weighted by Crippen LogP contribution is 2.30. The molecule has 0 spiro atoms. The molecule has 2 rings (SSSR count). The molecule has 0 bridgehead atoms. The van der Waals surface area contributed by atoms with Crippen LogP contribution in [0.4, 0.5) is 5.69 Å². The van der Waals surface area contributed by atoms with E-state index in [-0.39, 0.29) is 0 Å². The lowest BCUT2D eigenvalue weighted by Gasteiger charge is -2.14. The maximum Gasteiger partial charge on any atom is 0.146 e. The fourth-order valence-corrected chi connectivity index (χ4v) is 1.94. The molecule has 2 aromatic rings. The summed E-state index contributed by atoms with van der Waals surface area (Å²) in [4.78, 5) is 0. The Bertz CT molecular complexity index is 495. The minimum Gasteiger partial charge on any atom is -0.483 e. The summed E-state index contributed by atoms with van der Waals surface area (Å²) in [6.45, 7) is 4.59. The van der Waals surface area contributed by atoms with Crippen molar-refractivity contribution >= 4 is 5.69 Å². The topological polar surface area (TPSA) is 34.4 Å². The molecule has 1 N–H and O–H groups in total. The first-order valence-electron chi connectivity index (χ1n) is 6.21. The first-order chi connectivity index (χ1) is 8.74. The number of rotatable bonds is 5. The lowest BCUT2D eigenvalue weighted by atomic mass is 10.1. The Labute approximate surface area is 108 Å². The standard InChI is InChI=1S/C15H19NO2/c1-4-12-6-5-7-14(16-3)15(12)18-10-13-8-11(2)9-17-13/h5-9,16H,4,10H2,1-3H3. The van der Waals surface area contributed by atoms with E-state index < -0.39 is 0 Å². The summed E-state index contributed by atoms with van der Waals surface area (Å²) in [5.74, 6) is 1.76. The van der Waals surface area contributed by atoms with E-state index >= 15 is 0 Å². The van der Waals surface area contributed by atoms with E-state index in [1.54, 1.807) is 6.26 Å². The summed E-state index contributed by atoms with van der Waals surface area (Å²) < 4.78 is 11.3. The van der Waals surface area contributed by atoms with Crippen LogP contribution in [0.1, 0.15) is 23.8 Å². The fraction of sp³-hybridized carbons (Fsp3) is 0.333. The molecule has 0 atom stereocenters. The van der Waals surface area contributed by atoms with Gasteiger partial charge >= 0.3 is 0 Å². The summed E-state index contributed by atoms with van der Waals surface area (Å²) in [6, 6.07) is 8.13. The number of anilines is 1. The van der Waals surface area contributed by atoms with Crippen molar-refractivity contribution in [3.05, 3.63) is 47.4 Å². The van der Waals surface area contributed by atoms with Crippen LogP contribution in [0.3, 0.4) is 0 Å². The van der Waals surface area contributed by atoms with Crippen molar-refractivity contribution in [2.75, 3.05) is 12.4 Å². The molecule has 3 heteroatoms. The van der Waals surface area contributed by atoms with Crippen LogP contribution in [0.2, 0.25) is 0 Å². The molecule has 1 heterocycles. The second-order valence-electron chi connectivity index (χ2n) is 4.28. The summed E-state index contributed by atoms with van der Waals surface area (Å²) in [5, 5.41) is 3.16. The van der Waals surface area contributed by atoms with Crippen molar-refractivity contribution in [1.29, 1.82) is 0 Å². The smallest absolute Gasteiger partial charge is 0.146 e. The minimum absolute atomic E-state index is 0.458. The van der Waals surface area contributed by atoms with E-state index in [0.29, 0.717) is 6.61 Å². The van der Waals surface area contributed by atoms with Crippen molar-refractivity contribution in [1.82, 2.24) is 0 Å². The SMILES string of the molecule is CCc1cccc(NC)c1OCc1cc(C)co1. The number of para-hydroxylation sites is 1. The molecule has 0 aliphatic carbocycles. The van der Waals surface area contributed by atoms with Gasteiger partial charge in [-0.3, -0.25) is 0 Å². The van der Waals surface area contributed by atoms with Crippen molar-refractivity contribution in [3.63, 3.8) is 0 Å². The van der Waals surface area contributed by atoms with E-state index in [1.807, 2.05) is 32.2 Å². The molecule has 0 aliphatic heterocycles. The van der Waals surface area contributed by atoms with Crippen molar-refractivity contribution in [3.8, 4) is 5.75 Å². The fourth-order valence-electron chi connectivity index (χ4n) is 1.94. The highest BCUT2D eigenvalue weighted by Gasteiger charge is 2.09. The van der Waals surface area contributed by atoms with E-state index in [0.717, 1.165) is 29.2 Å². The van der Waals surface area contributed by atoms with Crippen LogP contribution in [-0.4, -0.2) is 7.05 Å². The van der Waals surface area contributed by atoms with Gasteiger partial charge in [0.1, 0.15) is 18.1 Å². The lowest BCUT2D eigenvalue weighted by Crippen LogP contribution is -2.01. The van der Waals surface area contributed by atoms with Crippen LogP contribution in [0, 0.1) is 6.92 Å². The van der Waals surface area contributed by atoms with Gasteiger partial charge in [0, 0.05) is 7.05 Å². The largest absolute Gasteiger partial charge is 0.483 e. The molecule has 0 saturated heterocycles. The molecule has 0 radical (unpaired) electrons. The number of ether oxygens (including phenoxy) is 1. The third-order valence-corrected chi connectivity index (χ3v) is 2.89. The summed E-state index contributed by atoms with van der Waals surface area (Å²) in [7, 11) is 1.90. The molecule has 1 aromatic heterocycles. The zero-order valence-corrected chi connectivity index (χ0v) is 11.1. The van der Waals surface area contributed by atoms with Gasteiger partial charge in [0.2, 0.25) is 0 Å².